The van der Waals surface area contributed by atoms with Crippen molar-refractivity contribution in [3.63, 3.8) is 0 Å². The second kappa shape index (κ2) is 5.78. The monoisotopic (exact) mass is 320 g/mol. The molecule has 0 atom stereocenters. The van der Waals surface area contributed by atoms with Crippen molar-refractivity contribution in [1.29, 1.82) is 0 Å². The lowest BCUT2D eigenvalue weighted by Crippen LogP contribution is -2.35. The zero-order valence-electron chi connectivity index (χ0n) is 11.9. The van der Waals surface area contributed by atoms with E-state index in [0.717, 1.165) is 35.5 Å². The molecule has 1 N–H and O–H groups in total. The van der Waals surface area contributed by atoms with Gasteiger partial charge in [0.2, 0.25) is 5.91 Å². The number of hydrogen-bond donors (Lipinski definition) is 1. The quantitative estimate of drug-likeness (QED) is 0.916. The van der Waals surface area contributed by atoms with Crippen LogP contribution in [0.4, 0.5) is 0 Å². The van der Waals surface area contributed by atoms with Crippen molar-refractivity contribution in [2.75, 3.05) is 6.54 Å². The highest BCUT2D eigenvalue weighted by molar-refractivity contribution is 7.09. The molecule has 5 heteroatoms. The minimum absolute atomic E-state index is 0.109. The number of thiazole rings is 1. The van der Waals surface area contributed by atoms with E-state index in [2.05, 4.69) is 10.3 Å². The molecule has 21 heavy (non-hydrogen) atoms. The fourth-order valence-corrected chi connectivity index (χ4v) is 3.49. The number of benzene rings is 1. The summed E-state index contributed by atoms with van der Waals surface area (Å²) in [5, 5.41) is 6.83. The van der Waals surface area contributed by atoms with Crippen molar-refractivity contribution >= 4 is 28.8 Å². The molecule has 0 unspecified atom stereocenters. The number of aryl methyl sites for hydroxylation is 1. The normalized spacial score (nSPS) is 15.7. The SMILES string of the molecule is Cc1csc(CCNC(=O)C2(c3cccc(Cl)c3)CC2)n1. The van der Waals surface area contributed by atoms with E-state index in [1.165, 1.54) is 0 Å². The van der Waals surface area contributed by atoms with Crippen molar-refractivity contribution in [3.05, 3.63) is 50.9 Å². The summed E-state index contributed by atoms with van der Waals surface area (Å²) in [6, 6.07) is 7.63. The molecule has 1 fully saturated rings. The molecule has 0 radical (unpaired) electrons. The van der Waals surface area contributed by atoms with E-state index in [1.807, 2.05) is 36.6 Å². The second-order valence-corrected chi connectivity index (χ2v) is 6.86. The van der Waals surface area contributed by atoms with E-state index >= 15 is 0 Å². The lowest BCUT2D eigenvalue weighted by molar-refractivity contribution is -0.123. The maximum Gasteiger partial charge on any atom is 0.230 e. The molecule has 2 aromatic rings. The van der Waals surface area contributed by atoms with E-state index in [9.17, 15) is 4.79 Å². The number of amides is 1. The number of nitrogens with zero attached hydrogens (tertiary/aromatic N) is 1. The van der Waals surface area contributed by atoms with E-state index < -0.39 is 0 Å². The van der Waals surface area contributed by atoms with Gasteiger partial charge in [0.05, 0.1) is 10.4 Å². The topological polar surface area (TPSA) is 42.0 Å². The molecule has 110 valence electrons. The van der Waals surface area contributed by atoms with Gasteiger partial charge in [-0.2, -0.15) is 0 Å². The summed E-state index contributed by atoms with van der Waals surface area (Å²) in [4.78, 5) is 16.9. The van der Waals surface area contributed by atoms with E-state index in [-0.39, 0.29) is 11.3 Å². The van der Waals surface area contributed by atoms with Crippen LogP contribution in [0.15, 0.2) is 29.6 Å². The van der Waals surface area contributed by atoms with Crippen LogP contribution in [0.1, 0.15) is 29.1 Å². The third kappa shape index (κ3) is 3.11. The van der Waals surface area contributed by atoms with E-state index in [0.29, 0.717) is 11.6 Å². The number of nitrogens with one attached hydrogen (secondary N) is 1. The van der Waals surface area contributed by atoms with E-state index in [4.69, 9.17) is 11.6 Å². The summed E-state index contributed by atoms with van der Waals surface area (Å²) in [7, 11) is 0. The minimum atomic E-state index is -0.357. The van der Waals surface area contributed by atoms with Gasteiger partial charge in [0.1, 0.15) is 0 Å². The zero-order valence-corrected chi connectivity index (χ0v) is 13.4. The number of aromatic nitrogens is 1. The van der Waals surface area contributed by atoms with Crippen molar-refractivity contribution in [2.45, 2.75) is 31.6 Å². The maximum atomic E-state index is 12.5. The van der Waals surface area contributed by atoms with Crippen molar-refractivity contribution < 1.29 is 4.79 Å². The Labute approximate surface area is 133 Å². The smallest absolute Gasteiger partial charge is 0.230 e. The number of hydrogen-bond acceptors (Lipinski definition) is 3. The van der Waals surface area contributed by atoms with Gasteiger partial charge in [-0.1, -0.05) is 23.7 Å². The average molecular weight is 321 g/mol. The number of carbonyl (C=O) groups is 1. The molecule has 1 aromatic heterocycles. The molecule has 1 amide bonds. The second-order valence-electron chi connectivity index (χ2n) is 5.48. The highest BCUT2D eigenvalue weighted by Gasteiger charge is 2.51. The van der Waals surface area contributed by atoms with Crippen LogP contribution >= 0.6 is 22.9 Å². The van der Waals surface area contributed by atoms with Gasteiger partial charge in [-0.15, -0.1) is 11.3 Å². The highest BCUT2D eigenvalue weighted by atomic mass is 35.5. The molecular weight excluding hydrogens is 304 g/mol. The Hall–Kier alpha value is -1.39. The number of halogens is 1. The lowest BCUT2D eigenvalue weighted by atomic mass is 9.95. The van der Waals surface area contributed by atoms with Gasteiger partial charge in [0.25, 0.3) is 0 Å². The summed E-state index contributed by atoms with van der Waals surface area (Å²) in [6.07, 6.45) is 2.58. The molecule has 1 aliphatic carbocycles. The van der Waals surface area contributed by atoms with Crippen molar-refractivity contribution in [2.24, 2.45) is 0 Å². The largest absolute Gasteiger partial charge is 0.355 e. The number of carbonyl (C=O) groups excluding carboxylic acids is 1. The molecule has 0 bridgehead atoms. The standard InChI is InChI=1S/C16H17ClN2OS/c1-11-10-21-14(19-11)5-8-18-15(20)16(6-7-16)12-3-2-4-13(17)9-12/h2-4,9-10H,5-8H2,1H3,(H,18,20). The van der Waals surface area contributed by atoms with E-state index in [1.54, 1.807) is 11.3 Å². The summed E-state index contributed by atoms with van der Waals surface area (Å²) in [6.45, 7) is 2.62. The summed E-state index contributed by atoms with van der Waals surface area (Å²) >= 11 is 7.67. The van der Waals surface area contributed by atoms with Crippen LogP contribution in [-0.4, -0.2) is 17.4 Å². The Morgan fingerprint density at radius 1 is 1.48 bits per heavy atom. The Kier molecular flexibility index (Phi) is 4.00. The third-order valence-electron chi connectivity index (χ3n) is 3.85. The lowest BCUT2D eigenvalue weighted by Gasteiger charge is -2.15. The van der Waals surface area contributed by atoms with Crippen LogP contribution in [0.3, 0.4) is 0 Å². The first kappa shape index (κ1) is 14.5. The Bertz CT molecular complexity index is 664. The van der Waals surface area contributed by atoms with Gasteiger partial charge in [-0.25, -0.2) is 4.98 Å². The van der Waals surface area contributed by atoms with Crippen LogP contribution in [0.5, 0.6) is 0 Å². The predicted octanol–water partition coefficient (Wildman–Crippen LogP) is 3.50. The highest BCUT2D eigenvalue weighted by Crippen LogP contribution is 2.48. The first-order chi connectivity index (χ1) is 10.1. The molecule has 3 nitrogen and oxygen atoms in total. The van der Waals surface area contributed by atoms with Gasteiger partial charge in [-0.05, 0) is 37.5 Å². The molecule has 1 heterocycles. The first-order valence-corrected chi connectivity index (χ1v) is 8.31. The van der Waals surface area contributed by atoms with Crippen molar-refractivity contribution in [3.8, 4) is 0 Å². The zero-order chi connectivity index (χ0) is 14.9. The van der Waals surface area contributed by atoms with Crippen LogP contribution < -0.4 is 5.32 Å². The Morgan fingerprint density at radius 2 is 2.29 bits per heavy atom. The summed E-state index contributed by atoms with van der Waals surface area (Å²) in [5.41, 5.74) is 1.71. The van der Waals surface area contributed by atoms with Gasteiger partial charge in [-0.3, -0.25) is 4.79 Å². The van der Waals surface area contributed by atoms with Gasteiger partial charge in [0.15, 0.2) is 0 Å². The van der Waals surface area contributed by atoms with Crippen molar-refractivity contribution in [1.82, 2.24) is 10.3 Å². The fraction of sp³-hybridized carbons (Fsp3) is 0.375. The minimum Gasteiger partial charge on any atom is -0.355 e. The van der Waals surface area contributed by atoms with Crippen LogP contribution in [-0.2, 0) is 16.6 Å². The van der Waals surface area contributed by atoms with Gasteiger partial charge >= 0.3 is 0 Å². The predicted molar refractivity (Wildman–Crippen MR) is 85.9 cm³/mol. The molecule has 0 aliphatic heterocycles. The Morgan fingerprint density at radius 3 is 2.90 bits per heavy atom. The summed E-state index contributed by atoms with van der Waals surface area (Å²) in [5.74, 6) is 0.109. The molecule has 1 aromatic carbocycles. The molecule has 0 spiro atoms. The number of rotatable bonds is 5. The van der Waals surface area contributed by atoms with Crippen LogP contribution in [0.25, 0.3) is 0 Å². The molecule has 3 rings (SSSR count). The third-order valence-corrected chi connectivity index (χ3v) is 5.11. The van der Waals surface area contributed by atoms with Crippen LogP contribution in [0, 0.1) is 6.92 Å². The molecule has 1 saturated carbocycles. The molecular formula is C16H17ClN2OS. The summed E-state index contributed by atoms with van der Waals surface area (Å²) < 4.78 is 0. The van der Waals surface area contributed by atoms with Crippen LogP contribution in [0.2, 0.25) is 5.02 Å². The maximum absolute atomic E-state index is 12.5. The average Bonchev–Trinajstić information content (AvgIpc) is 3.17. The van der Waals surface area contributed by atoms with Gasteiger partial charge < -0.3 is 5.32 Å². The first-order valence-electron chi connectivity index (χ1n) is 7.05. The molecule has 0 saturated heterocycles. The van der Waals surface area contributed by atoms with Gasteiger partial charge in [0, 0.05) is 29.1 Å². The molecule has 1 aliphatic rings. The Balaban J connectivity index is 1.60. The fourth-order valence-electron chi connectivity index (χ4n) is 2.53.